The van der Waals surface area contributed by atoms with Crippen molar-refractivity contribution in [1.82, 2.24) is 29.7 Å². The Kier molecular flexibility index (Phi) is 9.77. The van der Waals surface area contributed by atoms with Gasteiger partial charge in [0.25, 0.3) is 0 Å². The molecule has 0 aliphatic carbocycles. The van der Waals surface area contributed by atoms with Crippen molar-refractivity contribution in [3.8, 4) is 11.8 Å². The number of nitrogens with zero attached hydrogens (tertiary/aromatic N) is 8. The first-order valence-corrected chi connectivity index (χ1v) is 19.5. The molecule has 242 valence electrons. The molecule has 2 aliphatic rings. The molecular weight excluding hydrogens is 687 g/mol. The molecule has 0 saturated carbocycles. The van der Waals surface area contributed by atoms with Gasteiger partial charge in [-0.1, -0.05) is 11.3 Å². The summed E-state index contributed by atoms with van der Waals surface area (Å²) in [5.74, 6) is 1.47. The fraction of sp³-hybridized carbons (Fsp3) is 0.452. The van der Waals surface area contributed by atoms with Crippen molar-refractivity contribution < 1.29 is 9.30 Å². The molecule has 2 N–H and O–H groups in total. The van der Waals surface area contributed by atoms with Crippen molar-refractivity contribution in [2.24, 2.45) is 0 Å². The van der Waals surface area contributed by atoms with Gasteiger partial charge in [0.15, 0.2) is 5.82 Å². The number of fused-ring (bicyclic) bond motifs is 1. The van der Waals surface area contributed by atoms with Crippen LogP contribution in [0.3, 0.4) is 0 Å². The van der Waals surface area contributed by atoms with Gasteiger partial charge in [0.1, 0.15) is 28.2 Å². The first-order chi connectivity index (χ1) is 22.1. The van der Waals surface area contributed by atoms with Crippen LogP contribution in [-0.4, -0.2) is 103 Å². The molecule has 5 heterocycles. The van der Waals surface area contributed by atoms with Gasteiger partial charge in [0, 0.05) is 75.7 Å². The van der Waals surface area contributed by atoms with Crippen LogP contribution in [-0.2, 0) is 11.0 Å². The molecule has 0 bridgehead atoms. The number of hydrogen-bond donors (Lipinski definition) is 2. The average Bonchev–Trinajstić information content (AvgIpc) is 3.42. The number of rotatable bonds is 9. The van der Waals surface area contributed by atoms with Gasteiger partial charge < -0.3 is 29.7 Å². The molecule has 0 spiro atoms. The van der Waals surface area contributed by atoms with E-state index < -0.39 is 7.14 Å². The highest BCUT2D eigenvalue weighted by molar-refractivity contribution is 9.10. The first-order valence-electron chi connectivity index (χ1n) is 15.3. The number of halogens is 1. The number of thiophene rings is 1. The van der Waals surface area contributed by atoms with Crippen LogP contribution in [0, 0.1) is 11.3 Å². The maximum atomic E-state index is 13.3. The van der Waals surface area contributed by atoms with E-state index in [-0.39, 0.29) is 6.42 Å². The Labute approximate surface area is 281 Å². The lowest BCUT2D eigenvalue weighted by Gasteiger charge is -2.43. The van der Waals surface area contributed by atoms with Gasteiger partial charge in [-0.15, -0.1) is 0 Å². The fourth-order valence-electron chi connectivity index (χ4n) is 6.20. The minimum atomic E-state index is -2.70. The number of ether oxygens (including phenoxy) is 1. The molecule has 0 unspecified atom stereocenters. The van der Waals surface area contributed by atoms with Crippen molar-refractivity contribution in [1.29, 1.82) is 5.26 Å². The Morgan fingerprint density at radius 2 is 1.83 bits per heavy atom. The maximum Gasteiger partial charge on any atom is 0.229 e. The summed E-state index contributed by atoms with van der Waals surface area (Å²) in [5.41, 5.74) is 3.25. The first kappa shape index (κ1) is 32.6. The Bertz CT molecular complexity index is 1810. The van der Waals surface area contributed by atoms with E-state index in [4.69, 9.17) is 9.72 Å². The average molecular weight is 726 g/mol. The summed E-state index contributed by atoms with van der Waals surface area (Å²) < 4.78 is 19.8. The number of piperazine rings is 1. The van der Waals surface area contributed by atoms with Crippen LogP contribution < -0.4 is 25.6 Å². The Hall–Kier alpha value is -3.34. The molecule has 3 aromatic heterocycles. The quantitative estimate of drug-likeness (QED) is 0.218. The van der Waals surface area contributed by atoms with E-state index in [0.29, 0.717) is 54.4 Å². The summed E-state index contributed by atoms with van der Waals surface area (Å²) >= 11 is 4.94. The monoisotopic (exact) mass is 724 g/mol. The highest BCUT2D eigenvalue weighted by Gasteiger charge is 2.29. The molecule has 2 aliphatic heterocycles. The van der Waals surface area contributed by atoms with Crippen LogP contribution in [0.15, 0.2) is 35.2 Å². The normalized spacial score (nSPS) is 16.8. The molecular formula is C31H38BrN10O2PS. The zero-order valence-corrected chi connectivity index (χ0v) is 29.8. The Morgan fingerprint density at radius 1 is 1.09 bits per heavy atom. The number of nitriles is 1. The third-order valence-electron chi connectivity index (χ3n) is 8.59. The predicted octanol–water partition coefficient (Wildman–Crippen LogP) is 5.27. The van der Waals surface area contributed by atoms with E-state index in [9.17, 15) is 9.83 Å². The van der Waals surface area contributed by atoms with Gasteiger partial charge in [-0.2, -0.15) is 10.2 Å². The number of hydrogen-bond acceptors (Lipinski definition) is 13. The number of nitrogens with one attached hydrogen (secondary N) is 2. The molecule has 2 fully saturated rings. The number of benzene rings is 1. The van der Waals surface area contributed by atoms with Gasteiger partial charge in [-0.05, 0) is 60.8 Å². The van der Waals surface area contributed by atoms with Crippen molar-refractivity contribution in [3.05, 3.63) is 40.8 Å². The van der Waals surface area contributed by atoms with Crippen LogP contribution >= 0.6 is 34.4 Å². The Balaban J connectivity index is 1.24. The summed E-state index contributed by atoms with van der Waals surface area (Å²) in [5, 5.41) is 17.7. The molecule has 0 radical (unpaired) electrons. The molecule has 1 aromatic carbocycles. The lowest BCUT2D eigenvalue weighted by atomic mass is 9.99. The molecule has 15 heteroatoms. The largest absolute Gasteiger partial charge is 0.494 e. The number of likely N-dealkylation sites (N-methyl/N-ethyl adjacent to an activating group) is 1. The highest BCUT2D eigenvalue weighted by atomic mass is 79.9. The van der Waals surface area contributed by atoms with Crippen LogP contribution in [0.2, 0.25) is 0 Å². The number of anilines is 5. The second kappa shape index (κ2) is 13.8. The van der Waals surface area contributed by atoms with E-state index in [1.165, 1.54) is 11.3 Å². The summed E-state index contributed by atoms with van der Waals surface area (Å²) in [4.78, 5) is 26.2. The van der Waals surface area contributed by atoms with Crippen LogP contribution in [0.1, 0.15) is 18.4 Å². The zero-order chi connectivity index (χ0) is 32.4. The predicted molar refractivity (Wildman–Crippen MR) is 189 cm³/mol. The minimum Gasteiger partial charge on any atom is -0.494 e. The Morgan fingerprint density at radius 3 is 2.52 bits per heavy atom. The van der Waals surface area contributed by atoms with E-state index in [1.54, 1.807) is 39.0 Å². The maximum absolute atomic E-state index is 13.3. The van der Waals surface area contributed by atoms with Gasteiger partial charge in [-0.25, -0.2) is 9.97 Å². The second-order valence-electron chi connectivity index (χ2n) is 12.1. The SMILES string of the molecule is COc1cc(N2CCC(N3CCN(C)CC3)CC2)c(CC#N)cc1Nc1ncc(Br)c(Nc2sc3nccnc3c2P(C)(C)=O)n1. The smallest absolute Gasteiger partial charge is 0.229 e. The summed E-state index contributed by atoms with van der Waals surface area (Å²) in [6.07, 6.45) is 7.35. The van der Waals surface area contributed by atoms with Crippen molar-refractivity contribution in [2.75, 3.05) is 82.3 Å². The zero-order valence-electron chi connectivity index (χ0n) is 26.5. The molecule has 2 saturated heterocycles. The second-order valence-corrected chi connectivity index (χ2v) is 17.1. The molecule has 0 atom stereocenters. The topological polar surface area (TPSA) is 135 Å². The molecule has 6 rings (SSSR count). The van der Waals surface area contributed by atoms with Gasteiger partial charge in [-0.3, -0.25) is 9.88 Å². The minimum absolute atomic E-state index is 0.269. The van der Waals surface area contributed by atoms with Gasteiger partial charge >= 0.3 is 0 Å². The van der Waals surface area contributed by atoms with E-state index in [2.05, 4.69) is 69.3 Å². The third kappa shape index (κ3) is 6.99. The van der Waals surface area contributed by atoms with Crippen molar-refractivity contribution in [2.45, 2.75) is 25.3 Å². The van der Waals surface area contributed by atoms with Gasteiger partial charge in [0.05, 0.1) is 35.1 Å². The van der Waals surface area contributed by atoms with Crippen LogP contribution in [0.25, 0.3) is 10.3 Å². The summed E-state index contributed by atoms with van der Waals surface area (Å²) in [7, 11) is 1.13. The van der Waals surface area contributed by atoms with Crippen molar-refractivity contribution in [3.63, 3.8) is 0 Å². The van der Waals surface area contributed by atoms with Crippen LogP contribution in [0.4, 0.5) is 28.1 Å². The lowest BCUT2D eigenvalue weighted by molar-refractivity contribution is 0.0982. The van der Waals surface area contributed by atoms with E-state index >= 15 is 0 Å². The molecule has 4 aromatic rings. The number of aromatic nitrogens is 4. The summed E-state index contributed by atoms with van der Waals surface area (Å²) in [6.45, 7) is 9.82. The van der Waals surface area contributed by atoms with Crippen LogP contribution in [0.5, 0.6) is 5.75 Å². The number of methoxy groups -OCH3 is 1. The third-order valence-corrected chi connectivity index (χ3v) is 11.8. The fourth-order valence-corrected chi connectivity index (χ4v) is 9.48. The standard InChI is InChI=1S/C31H38BrN10O2PS/c1-40-13-15-41(16-14-40)21-6-11-42(12-7-21)24-18-25(44-2)23(17-20(24)5-8-33)37-31-36-19-22(32)28(39-31)38-30-27(45(3,4)43)26-29(46-30)35-10-9-34-26/h9-10,17-19,21H,5-7,11-16H2,1-4H3,(H2,36,37,38,39). The molecule has 46 heavy (non-hydrogen) atoms. The van der Waals surface area contributed by atoms with E-state index in [0.717, 1.165) is 63.4 Å². The molecule has 12 nitrogen and oxygen atoms in total. The number of piperidine rings is 1. The van der Waals surface area contributed by atoms with Crippen molar-refractivity contribution >= 4 is 78.2 Å². The van der Waals surface area contributed by atoms with Gasteiger partial charge in [0.2, 0.25) is 5.95 Å². The highest BCUT2D eigenvalue weighted by Crippen LogP contribution is 2.45. The summed E-state index contributed by atoms with van der Waals surface area (Å²) in [6, 6.07) is 6.93. The van der Waals surface area contributed by atoms with E-state index in [1.807, 2.05) is 12.1 Å². The lowest BCUT2D eigenvalue weighted by Crippen LogP contribution is -2.52. The molecule has 0 amide bonds.